The van der Waals surface area contributed by atoms with Crippen LogP contribution in [0.3, 0.4) is 0 Å². The molecule has 2 heterocycles. The highest BCUT2D eigenvalue weighted by molar-refractivity contribution is 6.31. The van der Waals surface area contributed by atoms with Crippen LogP contribution >= 0.6 is 11.6 Å². The summed E-state index contributed by atoms with van der Waals surface area (Å²) in [6, 6.07) is 5.89. The van der Waals surface area contributed by atoms with Gasteiger partial charge in [0.15, 0.2) is 0 Å². The highest BCUT2D eigenvalue weighted by Gasteiger charge is 2.36. The van der Waals surface area contributed by atoms with E-state index in [4.69, 9.17) is 16.3 Å². The van der Waals surface area contributed by atoms with Crippen molar-refractivity contribution in [1.29, 1.82) is 0 Å². The van der Waals surface area contributed by atoms with Crippen LogP contribution in [-0.2, 0) is 4.74 Å². The number of ether oxygens (including phenoxy) is 1. The summed E-state index contributed by atoms with van der Waals surface area (Å²) in [5.74, 6) is -0.0781. The van der Waals surface area contributed by atoms with Crippen LogP contribution in [0.15, 0.2) is 18.2 Å². The van der Waals surface area contributed by atoms with Gasteiger partial charge in [-0.1, -0.05) is 11.6 Å². The van der Waals surface area contributed by atoms with E-state index >= 15 is 0 Å². The number of fused-ring (bicyclic) bond motifs is 1. The van der Waals surface area contributed by atoms with Gasteiger partial charge in [-0.15, -0.1) is 0 Å². The summed E-state index contributed by atoms with van der Waals surface area (Å²) in [6.45, 7) is 4.68. The quantitative estimate of drug-likeness (QED) is 0.893. The van der Waals surface area contributed by atoms with Gasteiger partial charge in [-0.3, -0.25) is 9.69 Å². The molecule has 6 heteroatoms. The number of halogens is 1. The Morgan fingerprint density at radius 1 is 1.41 bits per heavy atom. The highest BCUT2D eigenvalue weighted by Crippen LogP contribution is 2.25. The summed E-state index contributed by atoms with van der Waals surface area (Å²) in [4.78, 5) is 15.0. The topological polar surface area (TPSA) is 53.6 Å². The van der Waals surface area contributed by atoms with Crippen LogP contribution in [0.5, 0.6) is 0 Å². The Morgan fingerprint density at radius 3 is 3.00 bits per heavy atom. The van der Waals surface area contributed by atoms with E-state index in [9.17, 15) is 4.79 Å². The first-order chi connectivity index (χ1) is 10.6. The van der Waals surface area contributed by atoms with Crippen molar-refractivity contribution in [3.8, 4) is 0 Å². The van der Waals surface area contributed by atoms with Crippen LogP contribution in [0.2, 0.25) is 5.02 Å². The first kappa shape index (κ1) is 15.6. The normalized spacial score (nSPS) is 28.2. The zero-order valence-corrected chi connectivity index (χ0v) is 13.7. The number of anilines is 1. The van der Waals surface area contributed by atoms with E-state index in [1.165, 1.54) is 0 Å². The number of hydrogen-bond donors (Lipinski definition) is 2. The van der Waals surface area contributed by atoms with E-state index in [1.54, 1.807) is 19.2 Å². The number of nitrogens with one attached hydrogen (secondary N) is 2. The first-order valence-electron chi connectivity index (χ1n) is 7.70. The minimum atomic E-state index is -0.0781. The smallest absolute Gasteiger partial charge is 0.253 e. The van der Waals surface area contributed by atoms with Crippen molar-refractivity contribution in [3.05, 3.63) is 28.8 Å². The van der Waals surface area contributed by atoms with Gasteiger partial charge in [-0.2, -0.15) is 0 Å². The Bertz CT molecular complexity index is 566. The summed E-state index contributed by atoms with van der Waals surface area (Å²) in [5.41, 5.74) is 1.37. The second-order valence-electron chi connectivity index (χ2n) is 6.10. The molecule has 2 saturated heterocycles. The number of carbonyl (C=O) groups is 1. The fourth-order valence-corrected chi connectivity index (χ4v) is 3.50. The van der Waals surface area contributed by atoms with Crippen LogP contribution in [0.4, 0.5) is 5.69 Å². The van der Waals surface area contributed by atoms with Crippen molar-refractivity contribution in [2.75, 3.05) is 32.1 Å². The van der Waals surface area contributed by atoms with E-state index in [0.29, 0.717) is 16.6 Å². The van der Waals surface area contributed by atoms with Crippen LogP contribution in [-0.4, -0.2) is 55.7 Å². The fraction of sp³-hybridized carbons (Fsp3) is 0.562. The molecular weight excluding hydrogens is 302 g/mol. The van der Waals surface area contributed by atoms with Gasteiger partial charge in [0.2, 0.25) is 0 Å². The van der Waals surface area contributed by atoms with Gasteiger partial charge in [0, 0.05) is 42.9 Å². The molecule has 0 spiro atoms. The average molecular weight is 324 g/mol. The molecule has 1 amide bonds. The van der Waals surface area contributed by atoms with Crippen molar-refractivity contribution >= 4 is 23.2 Å². The molecule has 0 aliphatic carbocycles. The molecule has 22 heavy (non-hydrogen) atoms. The SMILES string of the molecule is CNc1ccc(Cl)cc1C(=O)N[C@H]1C[C@H]2CO[C@@H](C)CN2C1. The molecule has 0 radical (unpaired) electrons. The summed E-state index contributed by atoms with van der Waals surface area (Å²) in [6.07, 6.45) is 1.21. The summed E-state index contributed by atoms with van der Waals surface area (Å²) in [7, 11) is 1.80. The number of nitrogens with zero attached hydrogens (tertiary/aromatic N) is 1. The molecule has 2 aliphatic heterocycles. The Labute approximate surface area is 136 Å². The molecule has 2 aliphatic rings. The van der Waals surface area contributed by atoms with Gasteiger partial charge in [-0.25, -0.2) is 0 Å². The van der Waals surface area contributed by atoms with E-state index in [1.807, 2.05) is 6.07 Å². The maximum absolute atomic E-state index is 12.5. The monoisotopic (exact) mass is 323 g/mol. The molecule has 2 fully saturated rings. The molecule has 5 nitrogen and oxygen atoms in total. The zero-order chi connectivity index (χ0) is 15.7. The van der Waals surface area contributed by atoms with Crippen molar-refractivity contribution in [3.63, 3.8) is 0 Å². The molecule has 2 N–H and O–H groups in total. The van der Waals surface area contributed by atoms with Crippen LogP contribution in [0, 0.1) is 0 Å². The van der Waals surface area contributed by atoms with Crippen LogP contribution in [0.1, 0.15) is 23.7 Å². The van der Waals surface area contributed by atoms with Crippen molar-refractivity contribution in [2.45, 2.75) is 31.5 Å². The minimum Gasteiger partial charge on any atom is -0.387 e. The molecule has 0 aromatic heterocycles. The number of amides is 1. The third kappa shape index (κ3) is 3.21. The molecule has 120 valence electrons. The van der Waals surface area contributed by atoms with Crippen LogP contribution < -0.4 is 10.6 Å². The first-order valence-corrected chi connectivity index (χ1v) is 8.08. The third-order valence-electron chi connectivity index (χ3n) is 4.42. The lowest BCUT2D eigenvalue weighted by atomic mass is 10.1. The van der Waals surface area contributed by atoms with E-state index in [-0.39, 0.29) is 18.1 Å². The van der Waals surface area contributed by atoms with Crippen molar-refractivity contribution in [2.24, 2.45) is 0 Å². The Kier molecular flexibility index (Phi) is 4.57. The number of rotatable bonds is 3. The van der Waals surface area contributed by atoms with Crippen molar-refractivity contribution < 1.29 is 9.53 Å². The van der Waals surface area contributed by atoms with E-state index in [0.717, 1.165) is 31.8 Å². The fourth-order valence-electron chi connectivity index (χ4n) is 3.33. The third-order valence-corrected chi connectivity index (χ3v) is 4.66. The maximum Gasteiger partial charge on any atom is 0.253 e. The molecule has 1 aromatic rings. The second kappa shape index (κ2) is 6.44. The average Bonchev–Trinajstić information content (AvgIpc) is 2.88. The lowest BCUT2D eigenvalue weighted by Crippen LogP contribution is -2.45. The molecule has 1 aromatic carbocycles. The second-order valence-corrected chi connectivity index (χ2v) is 6.53. The highest BCUT2D eigenvalue weighted by atomic mass is 35.5. The minimum absolute atomic E-state index is 0.0781. The molecular formula is C16H22ClN3O2. The van der Waals surface area contributed by atoms with Gasteiger partial charge in [0.05, 0.1) is 18.3 Å². The predicted molar refractivity (Wildman–Crippen MR) is 87.6 cm³/mol. The molecule has 0 saturated carbocycles. The van der Waals surface area contributed by atoms with E-state index in [2.05, 4.69) is 22.5 Å². The van der Waals surface area contributed by atoms with Crippen molar-refractivity contribution in [1.82, 2.24) is 10.2 Å². The molecule has 0 unspecified atom stereocenters. The standard InChI is InChI=1S/C16H22ClN3O2/c1-10-7-20-8-12(6-13(20)9-22-10)19-16(21)14-5-11(17)3-4-15(14)18-2/h3-5,10,12-13,18H,6-9H2,1-2H3,(H,19,21)/t10-,12-,13-/m0/s1. The largest absolute Gasteiger partial charge is 0.387 e. The lowest BCUT2D eigenvalue weighted by Gasteiger charge is -2.33. The molecule has 0 bridgehead atoms. The van der Waals surface area contributed by atoms with Gasteiger partial charge in [0.1, 0.15) is 0 Å². The molecule has 3 atom stereocenters. The number of morpholine rings is 1. The zero-order valence-electron chi connectivity index (χ0n) is 12.9. The Balaban J connectivity index is 1.67. The number of benzene rings is 1. The van der Waals surface area contributed by atoms with Gasteiger partial charge in [-0.05, 0) is 31.5 Å². The predicted octanol–water partition coefficient (Wildman–Crippen LogP) is 1.97. The lowest BCUT2D eigenvalue weighted by molar-refractivity contribution is -0.0390. The maximum atomic E-state index is 12.5. The molecule has 3 rings (SSSR count). The Hall–Kier alpha value is -1.30. The van der Waals surface area contributed by atoms with Gasteiger partial charge < -0.3 is 15.4 Å². The Morgan fingerprint density at radius 2 is 2.23 bits per heavy atom. The summed E-state index contributed by atoms with van der Waals surface area (Å²) in [5, 5.41) is 6.73. The summed E-state index contributed by atoms with van der Waals surface area (Å²) < 4.78 is 5.70. The number of carbonyl (C=O) groups excluding carboxylic acids is 1. The van der Waals surface area contributed by atoms with E-state index < -0.39 is 0 Å². The van der Waals surface area contributed by atoms with Gasteiger partial charge >= 0.3 is 0 Å². The summed E-state index contributed by atoms with van der Waals surface area (Å²) >= 11 is 6.02. The van der Waals surface area contributed by atoms with Gasteiger partial charge in [0.25, 0.3) is 5.91 Å². The van der Waals surface area contributed by atoms with Crippen LogP contribution in [0.25, 0.3) is 0 Å². The number of hydrogen-bond acceptors (Lipinski definition) is 4.